The summed E-state index contributed by atoms with van der Waals surface area (Å²) in [4.78, 5) is 0. The average molecular weight is 296 g/mol. The maximum Gasteiger partial charge on any atom is 0.127 e. The van der Waals surface area contributed by atoms with Crippen molar-refractivity contribution in [3.63, 3.8) is 0 Å². The summed E-state index contributed by atoms with van der Waals surface area (Å²) < 4.78 is 17.3. The molecule has 2 aliphatic heterocycles. The molecule has 2 fully saturated rings. The summed E-state index contributed by atoms with van der Waals surface area (Å²) in [5.74, 6) is 0.837. The Hall–Kier alpha value is 1.37. The fourth-order valence-corrected chi connectivity index (χ4v) is 6.22. The molecule has 0 bridgehead atoms. The molecule has 0 N–H and O–H groups in total. The van der Waals surface area contributed by atoms with Crippen molar-refractivity contribution in [3.05, 3.63) is 0 Å². The molecule has 5 atom stereocenters. The maximum absolute atomic E-state index is 5.85. The Labute approximate surface area is 109 Å². The van der Waals surface area contributed by atoms with Crippen LogP contribution in [0.4, 0.5) is 0 Å². The summed E-state index contributed by atoms with van der Waals surface area (Å²) in [5.41, 5.74) is -2.02. The van der Waals surface area contributed by atoms with Gasteiger partial charge >= 0.3 is 0 Å². The molecule has 2 radical (unpaired) electrons. The van der Waals surface area contributed by atoms with Crippen molar-refractivity contribution >= 4 is 45.3 Å². The van der Waals surface area contributed by atoms with Crippen LogP contribution in [0, 0.1) is 0 Å². The molecule has 90 valence electrons. The van der Waals surface area contributed by atoms with Crippen LogP contribution in [0.15, 0.2) is 0 Å². The zero-order valence-corrected chi connectivity index (χ0v) is 12.9. The second kappa shape index (κ2) is 5.17. The van der Waals surface area contributed by atoms with Gasteiger partial charge in [-0.15, -0.1) is 0 Å². The summed E-state index contributed by atoms with van der Waals surface area (Å²) in [6.07, 6.45) is 0.797. The second-order valence-electron chi connectivity index (χ2n) is 4.09. The largest absolute Gasteiger partial charge is 0.375 e. The van der Waals surface area contributed by atoms with Gasteiger partial charge in [-0.25, -0.2) is 0 Å². The van der Waals surface area contributed by atoms with E-state index in [9.17, 15) is 0 Å². The highest BCUT2D eigenvalue weighted by Gasteiger charge is 2.51. The Bertz CT molecular complexity index is 306. The lowest BCUT2D eigenvalue weighted by atomic mass is 9.93. The molecule has 16 heavy (non-hydrogen) atoms. The molecule has 2 heterocycles. The highest BCUT2D eigenvalue weighted by molar-refractivity contribution is 8.69. The molecule has 3 nitrogen and oxygen atoms in total. The summed E-state index contributed by atoms with van der Waals surface area (Å²) in [6, 6.07) is -0.238. The third-order valence-electron chi connectivity index (χ3n) is 2.77. The minimum atomic E-state index is -1.65. The van der Waals surface area contributed by atoms with E-state index in [1.807, 2.05) is 13.3 Å². The molecule has 2 saturated heterocycles. The van der Waals surface area contributed by atoms with E-state index in [0.29, 0.717) is 15.4 Å². The van der Waals surface area contributed by atoms with Gasteiger partial charge in [0.25, 0.3) is 0 Å². The summed E-state index contributed by atoms with van der Waals surface area (Å²) in [5, 5.41) is 0. The van der Waals surface area contributed by atoms with Gasteiger partial charge < -0.3 is 13.8 Å². The van der Waals surface area contributed by atoms with Crippen LogP contribution in [-0.4, -0.2) is 51.2 Å². The first-order chi connectivity index (χ1) is 7.47. The Morgan fingerprint density at radius 2 is 2.44 bits per heavy atom. The Morgan fingerprint density at radius 3 is 3.00 bits per heavy atom. The van der Waals surface area contributed by atoms with Gasteiger partial charge in [-0.3, -0.25) is 0 Å². The first kappa shape index (κ1) is 13.8. The van der Waals surface area contributed by atoms with Gasteiger partial charge in [0.1, 0.15) is 18.9 Å². The molecule has 0 aromatic rings. The lowest BCUT2D eigenvalue weighted by Gasteiger charge is -2.40. The Morgan fingerprint density at radius 1 is 1.69 bits per heavy atom. The van der Waals surface area contributed by atoms with Crippen LogP contribution in [0.25, 0.3) is 0 Å². The van der Waals surface area contributed by atoms with Crippen molar-refractivity contribution in [1.29, 1.82) is 0 Å². The third-order valence-corrected chi connectivity index (χ3v) is 8.35. The molecular weight excluding hydrogens is 281 g/mol. The summed E-state index contributed by atoms with van der Waals surface area (Å²) >= 11 is 7.07. The molecule has 0 amide bonds. The molecule has 8 heteroatoms. The molecule has 2 unspecified atom stereocenters. The zero-order chi connectivity index (χ0) is 11.8. The molecule has 0 aliphatic carbocycles. The van der Waals surface area contributed by atoms with Gasteiger partial charge in [0.15, 0.2) is 0 Å². The van der Waals surface area contributed by atoms with E-state index < -0.39 is 5.47 Å². The number of ether oxygens (including phenoxy) is 1. The average Bonchev–Trinajstić information content (AvgIpc) is 2.50. The fraction of sp³-hybridized carbons (Fsp3) is 1.00. The van der Waals surface area contributed by atoms with E-state index in [1.165, 1.54) is 0 Å². The molecule has 0 aromatic carbocycles. The van der Waals surface area contributed by atoms with E-state index in [-0.39, 0.29) is 17.7 Å². The quantitative estimate of drug-likeness (QED) is 0.573. The minimum Gasteiger partial charge on any atom is -0.375 e. The van der Waals surface area contributed by atoms with E-state index >= 15 is 0 Å². The van der Waals surface area contributed by atoms with Crippen LogP contribution in [0.1, 0.15) is 6.42 Å². The second-order valence-corrected chi connectivity index (χ2v) is 12.7. The highest BCUT2D eigenvalue weighted by Crippen LogP contribution is 2.62. The van der Waals surface area contributed by atoms with Gasteiger partial charge in [-0.2, -0.15) is 0 Å². The molecule has 0 saturated carbocycles. The van der Waals surface area contributed by atoms with Crippen LogP contribution in [0.2, 0.25) is 0 Å². The predicted octanol–water partition coefficient (Wildman–Crippen LogP) is 1.95. The van der Waals surface area contributed by atoms with Gasteiger partial charge in [0.2, 0.25) is 0 Å². The van der Waals surface area contributed by atoms with Crippen LogP contribution in [-0.2, 0) is 25.6 Å². The van der Waals surface area contributed by atoms with Crippen molar-refractivity contribution in [1.82, 2.24) is 0 Å². The Kier molecular flexibility index (Phi) is 4.45. The van der Waals surface area contributed by atoms with Crippen LogP contribution in [0.5, 0.6) is 0 Å². The van der Waals surface area contributed by atoms with Crippen LogP contribution >= 0.6 is 25.7 Å². The first-order valence-electron chi connectivity index (χ1n) is 5.10. The van der Waals surface area contributed by atoms with Gasteiger partial charge in [-0.1, -0.05) is 23.2 Å². The molecule has 1 spiro atoms. The molecule has 2 aliphatic rings. The summed E-state index contributed by atoms with van der Waals surface area (Å²) in [6.45, 7) is 4.54. The lowest BCUT2D eigenvalue weighted by molar-refractivity contribution is -0.0633. The normalized spacial score (nSPS) is 49.4. The maximum atomic E-state index is 5.85. The number of hydrogen-bond donors (Lipinski definition) is 0. The van der Waals surface area contributed by atoms with Crippen LogP contribution in [0.3, 0.4) is 0 Å². The Balaban J connectivity index is 2.09. The van der Waals surface area contributed by atoms with Crippen molar-refractivity contribution < 1.29 is 13.8 Å². The lowest BCUT2D eigenvalue weighted by Crippen LogP contribution is -2.48. The van der Waals surface area contributed by atoms with Crippen molar-refractivity contribution in [3.8, 4) is 0 Å². The van der Waals surface area contributed by atoms with Crippen LogP contribution < -0.4 is 0 Å². The monoisotopic (exact) mass is 296 g/mol. The topological polar surface area (TPSA) is 27.7 Å². The van der Waals surface area contributed by atoms with Crippen molar-refractivity contribution in [2.24, 2.45) is 0 Å². The zero-order valence-electron chi connectivity index (χ0n) is 9.34. The standard InChI is InChI=1S/C8H15BO3P2S2/c1-13-12-6-3-7(9)11-8(6)4-10-14(2,15)16-5-8/h6-7,13H,3-5H2,1-2H3/t6-,7-,8-,14?/m1/s1. The van der Waals surface area contributed by atoms with Gasteiger partial charge in [0, 0.05) is 20.6 Å². The van der Waals surface area contributed by atoms with E-state index in [1.54, 1.807) is 11.4 Å². The van der Waals surface area contributed by atoms with E-state index in [0.717, 1.165) is 12.2 Å². The minimum absolute atomic E-state index is 0.0497. The van der Waals surface area contributed by atoms with Gasteiger partial charge in [0.05, 0.1) is 12.7 Å². The molecule has 0 aromatic heterocycles. The number of rotatable bonds is 2. The molecule has 2 rings (SSSR count). The third kappa shape index (κ3) is 2.85. The van der Waals surface area contributed by atoms with Crippen molar-refractivity contribution in [2.45, 2.75) is 24.1 Å². The molecular formula is C8H15BO3P2S2. The fourth-order valence-electron chi connectivity index (χ4n) is 1.93. The first-order valence-corrected chi connectivity index (χ1v) is 11.3. The van der Waals surface area contributed by atoms with E-state index in [4.69, 9.17) is 33.4 Å². The SMILES string of the molecule is [B][C@H]1C[C@@H](OPC)[C@]2(COP(C)(=S)SC2)O1. The highest BCUT2D eigenvalue weighted by atomic mass is 32.9. The van der Waals surface area contributed by atoms with Gasteiger partial charge in [-0.05, 0) is 19.8 Å². The smallest absolute Gasteiger partial charge is 0.127 e. The predicted molar refractivity (Wildman–Crippen MR) is 75.7 cm³/mol. The van der Waals surface area contributed by atoms with E-state index in [2.05, 4.69) is 0 Å². The number of hydrogen-bond acceptors (Lipinski definition) is 5. The summed E-state index contributed by atoms with van der Waals surface area (Å²) in [7, 11) is 6.30. The van der Waals surface area contributed by atoms with Crippen molar-refractivity contribution in [2.75, 3.05) is 25.7 Å².